The summed E-state index contributed by atoms with van der Waals surface area (Å²) in [6, 6.07) is 13.2. The highest BCUT2D eigenvalue weighted by molar-refractivity contribution is 5.79. The average molecular weight is 410 g/mol. The van der Waals surface area contributed by atoms with Gasteiger partial charge in [0, 0.05) is 32.3 Å². The van der Waals surface area contributed by atoms with Crippen molar-refractivity contribution in [2.75, 3.05) is 13.7 Å². The van der Waals surface area contributed by atoms with Crippen LogP contribution in [-0.2, 0) is 24.4 Å². The molecule has 156 valence electrons. The first-order valence-electron chi connectivity index (χ1n) is 8.67. The number of hydrogen-bond donors (Lipinski definition) is 2. The van der Waals surface area contributed by atoms with Crippen molar-refractivity contribution in [2.45, 2.75) is 25.9 Å². The third-order valence-corrected chi connectivity index (χ3v) is 3.85. The minimum absolute atomic E-state index is 0.0310. The van der Waals surface area contributed by atoms with E-state index in [2.05, 4.69) is 20.4 Å². The molecule has 0 heterocycles. The zero-order valence-electron chi connectivity index (χ0n) is 15.7. The van der Waals surface area contributed by atoms with Crippen LogP contribution < -0.4 is 10.6 Å². The molecule has 29 heavy (non-hydrogen) atoms. The number of nitrogens with zero attached hydrogens (tertiary/aromatic N) is 2. The van der Waals surface area contributed by atoms with Crippen LogP contribution in [0.15, 0.2) is 53.5 Å². The molecule has 0 saturated carbocycles. The fourth-order valence-corrected chi connectivity index (χ4v) is 2.37. The second kappa shape index (κ2) is 10.4. The summed E-state index contributed by atoms with van der Waals surface area (Å²) in [7, 11) is 1.62. The summed E-state index contributed by atoms with van der Waals surface area (Å²) in [5.41, 5.74) is 2.46. The molecule has 0 unspecified atom stereocenters. The lowest BCUT2D eigenvalue weighted by Crippen LogP contribution is -2.36. The summed E-state index contributed by atoms with van der Waals surface area (Å²) in [6.07, 6.45) is -4.33. The summed E-state index contributed by atoms with van der Waals surface area (Å²) in [5, 5.41) is 16.9. The standard InChI is InChI=1S/C19H21F3N4O3/c1-23-18(25-11-15-6-8-17(9-7-15)26(27)28)24-10-14-2-4-16(5-3-14)12-29-13-19(20,21)22/h2-9H,10-13H2,1H3,(H2,23,24,25). The van der Waals surface area contributed by atoms with Crippen LogP contribution >= 0.6 is 0 Å². The number of halogens is 3. The lowest BCUT2D eigenvalue weighted by molar-refractivity contribution is -0.384. The molecule has 0 aliphatic carbocycles. The molecule has 0 aliphatic heterocycles. The average Bonchev–Trinajstić information content (AvgIpc) is 2.68. The summed E-state index contributed by atoms with van der Waals surface area (Å²) < 4.78 is 40.9. The smallest absolute Gasteiger partial charge is 0.367 e. The van der Waals surface area contributed by atoms with Crippen molar-refractivity contribution in [2.24, 2.45) is 4.99 Å². The van der Waals surface area contributed by atoms with Gasteiger partial charge in [0.15, 0.2) is 5.96 Å². The van der Waals surface area contributed by atoms with Crippen molar-refractivity contribution >= 4 is 11.6 Å². The monoisotopic (exact) mass is 410 g/mol. The third-order valence-electron chi connectivity index (χ3n) is 3.85. The van der Waals surface area contributed by atoms with Crippen LogP contribution in [0, 0.1) is 10.1 Å². The Labute approximate surface area is 165 Å². The number of nitro groups is 1. The number of guanidine groups is 1. The highest BCUT2D eigenvalue weighted by Crippen LogP contribution is 2.16. The molecule has 10 heteroatoms. The van der Waals surface area contributed by atoms with Gasteiger partial charge in [0.2, 0.25) is 0 Å². The Morgan fingerprint density at radius 1 is 1.00 bits per heavy atom. The van der Waals surface area contributed by atoms with E-state index >= 15 is 0 Å². The summed E-state index contributed by atoms with van der Waals surface area (Å²) in [6.45, 7) is -0.477. The second-order valence-electron chi connectivity index (χ2n) is 6.13. The van der Waals surface area contributed by atoms with Crippen LogP contribution in [0.3, 0.4) is 0 Å². The van der Waals surface area contributed by atoms with Gasteiger partial charge in [0.1, 0.15) is 6.61 Å². The summed E-state index contributed by atoms with van der Waals surface area (Å²) in [5.74, 6) is 0.543. The van der Waals surface area contributed by atoms with E-state index in [1.807, 2.05) is 0 Å². The van der Waals surface area contributed by atoms with Crippen LogP contribution in [0.25, 0.3) is 0 Å². The van der Waals surface area contributed by atoms with Gasteiger partial charge in [-0.05, 0) is 16.7 Å². The van der Waals surface area contributed by atoms with Gasteiger partial charge in [-0.25, -0.2) is 0 Å². The number of benzene rings is 2. The lowest BCUT2D eigenvalue weighted by atomic mass is 10.1. The maximum atomic E-state index is 12.1. The first-order chi connectivity index (χ1) is 13.8. The molecule has 0 amide bonds. The molecule has 2 N–H and O–H groups in total. The molecule has 0 aliphatic rings. The fourth-order valence-electron chi connectivity index (χ4n) is 2.37. The maximum absolute atomic E-state index is 12.1. The van der Waals surface area contributed by atoms with Gasteiger partial charge >= 0.3 is 6.18 Å². The Bertz CT molecular complexity index is 822. The van der Waals surface area contributed by atoms with Gasteiger partial charge in [-0.3, -0.25) is 15.1 Å². The second-order valence-corrected chi connectivity index (χ2v) is 6.13. The lowest BCUT2D eigenvalue weighted by Gasteiger charge is -2.12. The molecule has 7 nitrogen and oxygen atoms in total. The van der Waals surface area contributed by atoms with E-state index in [0.29, 0.717) is 24.6 Å². The predicted molar refractivity (Wildman–Crippen MR) is 102 cm³/mol. The number of nitrogens with one attached hydrogen (secondary N) is 2. The van der Waals surface area contributed by atoms with Crippen molar-refractivity contribution in [3.8, 4) is 0 Å². The van der Waals surface area contributed by atoms with E-state index in [4.69, 9.17) is 0 Å². The van der Waals surface area contributed by atoms with Crippen LogP contribution in [-0.4, -0.2) is 30.7 Å². The number of aliphatic imine (C=N–C) groups is 1. The Hall–Kier alpha value is -3.14. The first kappa shape index (κ1) is 22.2. The minimum atomic E-state index is -4.33. The number of rotatable bonds is 8. The van der Waals surface area contributed by atoms with E-state index in [0.717, 1.165) is 11.1 Å². The number of non-ortho nitro benzene ring substituents is 1. The van der Waals surface area contributed by atoms with E-state index in [-0.39, 0.29) is 12.3 Å². The van der Waals surface area contributed by atoms with Crippen molar-refractivity contribution < 1.29 is 22.8 Å². The molecule has 0 fully saturated rings. The molecule has 0 saturated heterocycles. The molecular weight excluding hydrogens is 389 g/mol. The van der Waals surface area contributed by atoms with E-state index in [9.17, 15) is 23.3 Å². The molecule has 0 spiro atoms. The SMILES string of the molecule is CN=C(NCc1ccc(COCC(F)(F)F)cc1)NCc1ccc([N+](=O)[O-])cc1. The summed E-state index contributed by atoms with van der Waals surface area (Å²) >= 11 is 0. The van der Waals surface area contributed by atoms with Crippen molar-refractivity contribution in [1.82, 2.24) is 10.6 Å². The first-order valence-corrected chi connectivity index (χ1v) is 8.67. The molecule has 0 radical (unpaired) electrons. The Balaban J connectivity index is 1.77. The van der Waals surface area contributed by atoms with E-state index in [1.54, 1.807) is 43.4 Å². The van der Waals surface area contributed by atoms with E-state index < -0.39 is 17.7 Å². The predicted octanol–water partition coefficient (Wildman–Crippen LogP) is 3.54. The van der Waals surface area contributed by atoms with Crippen LogP contribution in [0.1, 0.15) is 16.7 Å². The van der Waals surface area contributed by atoms with Gasteiger partial charge < -0.3 is 15.4 Å². The van der Waals surface area contributed by atoms with Gasteiger partial charge in [0.25, 0.3) is 5.69 Å². The third kappa shape index (κ3) is 8.18. The van der Waals surface area contributed by atoms with E-state index in [1.165, 1.54) is 12.1 Å². The maximum Gasteiger partial charge on any atom is 0.411 e. The molecule has 2 aromatic rings. The number of hydrogen-bond acceptors (Lipinski definition) is 4. The van der Waals surface area contributed by atoms with Gasteiger partial charge in [-0.1, -0.05) is 36.4 Å². The highest BCUT2D eigenvalue weighted by Gasteiger charge is 2.27. The fraction of sp³-hybridized carbons (Fsp3) is 0.316. The molecule has 0 atom stereocenters. The Morgan fingerprint density at radius 3 is 1.93 bits per heavy atom. The summed E-state index contributed by atoms with van der Waals surface area (Å²) in [4.78, 5) is 14.3. The number of nitro benzene ring substituents is 1. The molecule has 2 aromatic carbocycles. The molecule has 0 bridgehead atoms. The Kier molecular flexibility index (Phi) is 7.96. The van der Waals surface area contributed by atoms with Crippen molar-refractivity contribution in [3.63, 3.8) is 0 Å². The number of alkyl halides is 3. The van der Waals surface area contributed by atoms with Crippen LogP contribution in [0.4, 0.5) is 18.9 Å². The molecule has 0 aromatic heterocycles. The van der Waals surface area contributed by atoms with Crippen LogP contribution in [0.2, 0.25) is 0 Å². The van der Waals surface area contributed by atoms with Crippen molar-refractivity contribution in [1.29, 1.82) is 0 Å². The normalized spacial score (nSPS) is 11.9. The van der Waals surface area contributed by atoms with Gasteiger partial charge in [0.05, 0.1) is 11.5 Å². The highest BCUT2D eigenvalue weighted by atomic mass is 19.4. The van der Waals surface area contributed by atoms with Crippen LogP contribution in [0.5, 0.6) is 0 Å². The molecular formula is C19H21F3N4O3. The van der Waals surface area contributed by atoms with Gasteiger partial charge in [-0.15, -0.1) is 0 Å². The Morgan fingerprint density at radius 2 is 1.48 bits per heavy atom. The zero-order valence-corrected chi connectivity index (χ0v) is 15.7. The largest absolute Gasteiger partial charge is 0.411 e. The molecule has 2 rings (SSSR count). The minimum Gasteiger partial charge on any atom is -0.367 e. The zero-order chi connectivity index (χ0) is 21.3. The quantitative estimate of drug-likeness (QED) is 0.301. The van der Waals surface area contributed by atoms with Gasteiger partial charge in [-0.2, -0.15) is 13.2 Å². The topological polar surface area (TPSA) is 88.8 Å². The number of ether oxygens (including phenoxy) is 1. The van der Waals surface area contributed by atoms with Crippen molar-refractivity contribution in [3.05, 3.63) is 75.3 Å².